The number of hydrogen-bond acceptors (Lipinski definition) is 4. The van der Waals surface area contributed by atoms with Crippen LogP contribution in [0.15, 0.2) is 18.2 Å². The van der Waals surface area contributed by atoms with Crippen LogP contribution in [-0.4, -0.2) is 15.4 Å². The predicted octanol–water partition coefficient (Wildman–Crippen LogP) is 1.83. The van der Waals surface area contributed by atoms with Crippen molar-refractivity contribution in [3.05, 3.63) is 23.8 Å². The molecule has 1 aromatic rings. The van der Waals surface area contributed by atoms with Gasteiger partial charge < -0.3 is 15.0 Å². The van der Waals surface area contributed by atoms with E-state index in [2.05, 4.69) is 6.92 Å². The standard InChI is InChI=1S/C11H17NO3S/c1-2-3-6-15-11-5-4-9(7-10(11)12)8-16(13)14/h4-5,7H,2-3,6,8,12H2,1H3,(H,13,14)/p-1. The number of rotatable bonds is 6. The van der Waals surface area contributed by atoms with Gasteiger partial charge in [0.15, 0.2) is 0 Å². The molecule has 1 rings (SSSR count). The van der Waals surface area contributed by atoms with Gasteiger partial charge in [-0.1, -0.05) is 30.5 Å². The molecule has 0 aliphatic heterocycles. The average molecular weight is 242 g/mol. The zero-order valence-corrected chi connectivity index (χ0v) is 10.1. The van der Waals surface area contributed by atoms with Gasteiger partial charge in [-0.25, -0.2) is 0 Å². The molecule has 0 fully saturated rings. The number of anilines is 1. The van der Waals surface area contributed by atoms with Gasteiger partial charge in [0.2, 0.25) is 0 Å². The van der Waals surface area contributed by atoms with E-state index in [1.807, 2.05) is 0 Å². The van der Waals surface area contributed by atoms with Crippen LogP contribution in [0.5, 0.6) is 5.75 Å². The molecule has 0 radical (unpaired) electrons. The van der Waals surface area contributed by atoms with Gasteiger partial charge in [-0.3, -0.25) is 4.21 Å². The minimum Gasteiger partial charge on any atom is -0.772 e. The summed E-state index contributed by atoms with van der Waals surface area (Å²) < 4.78 is 26.5. The highest BCUT2D eigenvalue weighted by molar-refractivity contribution is 7.78. The smallest absolute Gasteiger partial charge is 0.142 e. The molecule has 0 aromatic heterocycles. The molecular weight excluding hydrogens is 226 g/mol. The van der Waals surface area contributed by atoms with E-state index >= 15 is 0 Å². The van der Waals surface area contributed by atoms with Crippen LogP contribution in [0.3, 0.4) is 0 Å². The number of nitrogens with two attached hydrogens (primary N) is 1. The summed E-state index contributed by atoms with van der Waals surface area (Å²) in [4.78, 5) is 0. The Labute approximate surface area is 98.1 Å². The van der Waals surface area contributed by atoms with Crippen molar-refractivity contribution in [2.45, 2.75) is 25.5 Å². The van der Waals surface area contributed by atoms with E-state index in [1.54, 1.807) is 18.2 Å². The molecule has 0 spiro atoms. The van der Waals surface area contributed by atoms with E-state index < -0.39 is 11.1 Å². The van der Waals surface area contributed by atoms with Crippen molar-refractivity contribution in [2.24, 2.45) is 0 Å². The Balaban J connectivity index is 2.64. The van der Waals surface area contributed by atoms with Crippen molar-refractivity contribution >= 4 is 16.8 Å². The first-order chi connectivity index (χ1) is 7.63. The topological polar surface area (TPSA) is 75.4 Å². The molecule has 1 unspecified atom stereocenters. The summed E-state index contributed by atoms with van der Waals surface area (Å²) in [7, 11) is 0. The second kappa shape index (κ2) is 6.50. The molecule has 0 bridgehead atoms. The SMILES string of the molecule is CCCCOc1ccc(CS(=O)[O-])cc1N. The van der Waals surface area contributed by atoms with Gasteiger partial charge in [0.05, 0.1) is 12.3 Å². The lowest BCUT2D eigenvalue weighted by atomic mass is 10.2. The molecule has 1 aromatic carbocycles. The van der Waals surface area contributed by atoms with Gasteiger partial charge in [-0.05, 0) is 24.1 Å². The number of hydrogen-bond donors (Lipinski definition) is 1. The highest BCUT2D eigenvalue weighted by Crippen LogP contribution is 2.23. The first-order valence-corrected chi connectivity index (χ1v) is 6.45. The van der Waals surface area contributed by atoms with Gasteiger partial charge in [0.25, 0.3) is 0 Å². The van der Waals surface area contributed by atoms with E-state index in [0.29, 0.717) is 23.6 Å². The highest BCUT2D eigenvalue weighted by Gasteiger charge is 2.02. The molecule has 4 nitrogen and oxygen atoms in total. The summed E-state index contributed by atoms with van der Waals surface area (Å²) in [5.74, 6) is 0.605. The van der Waals surface area contributed by atoms with Crippen molar-refractivity contribution < 1.29 is 13.5 Å². The first-order valence-electron chi connectivity index (χ1n) is 5.20. The maximum atomic E-state index is 10.5. The summed E-state index contributed by atoms with van der Waals surface area (Å²) in [6, 6.07) is 5.07. The minimum absolute atomic E-state index is 0.0144. The molecule has 90 valence electrons. The molecule has 0 amide bonds. The Morgan fingerprint density at radius 1 is 1.50 bits per heavy atom. The molecule has 2 N–H and O–H groups in total. The molecule has 0 aliphatic rings. The average Bonchev–Trinajstić information content (AvgIpc) is 2.20. The number of benzene rings is 1. The van der Waals surface area contributed by atoms with E-state index in [1.165, 1.54) is 0 Å². The fraction of sp³-hybridized carbons (Fsp3) is 0.455. The van der Waals surface area contributed by atoms with E-state index in [4.69, 9.17) is 10.5 Å². The summed E-state index contributed by atoms with van der Waals surface area (Å²) >= 11 is -2.08. The Bertz CT molecular complexity index is 368. The van der Waals surface area contributed by atoms with Crippen molar-refractivity contribution in [3.63, 3.8) is 0 Å². The highest BCUT2D eigenvalue weighted by atomic mass is 32.2. The van der Waals surface area contributed by atoms with Crippen molar-refractivity contribution in [2.75, 3.05) is 12.3 Å². The Morgan fingerprint density at radius 2 is 2.25 bits per heavy atom. The third kappa shape index (κ3) is 4.20. The first kappa shape index (κ1) is 13.0. The number of ether oxygens (including phenoxy) is 1. The lowest BCUT2D eigenvalue weighted by Gasteiger charge is -2.10. The summed E-state index contributed by atoms with van der Waals surface area (Å²) in [5.41, 5.74) is 6.91. The lowest BCUT2D eigenvalue weighted by molar-refractivity contribution is 0.311. The Kier molecular flexibility index (Phi) is 5.28. The molecule has 5 heteroatoms. The van der Waals surface area contributed by atoms with Gasteiger partial charge in [-0.15, -0.1) is 0 Å². The third-order valence-corrected chi connectivity index (χ3v) is 2.68. The van der Waals surface area contributed by atoms with Crippen LogP contribution >= 0.6 is 0 Å². The summed E-state index contributed by atoms with van der Waals surface area (Å²) in [6.45, 7) is 2.72. The zero-order valence-electron chi connectivity index (χ0n) is 9.27. The normalized spacial score (nSPS) is 12.4. The summed E-state index contributed by atoms with van der Waals surface area (Å²) in [5, 5.41) is 0. The minimum atomic E-state index is -2.08. The fourth-order valence-corrected chi connectivity index (χ4v) is 1.73. The molecule has 1 atom stereocenters. The molecule has 0 heterocycles. The van der Waals surface area contributed by atoms with Crippen LogP contribution in [0.4, 0.5) is 5.69 Å². The third-order valence-electron chi connectivity index (χ3n) is 2.11. The largest absolute Gasteiger partial charge is 0.772 e. The molecular formula is C11H16NO3S-. The maximum absolute atomic E-state index is 10.5. The monoisotopic (exact) mass is 242 g/mol. The fourth-order valence-electron chi connectivity index (χ4n) is 1.28. The van der Waals surface area contributed by atoms with Gasteiger partial charge in [-0.2, -0.15) is 0 Å². The predicted molar refractivity (Wildman–Crippen MR) is 63.9 cm³/mol. The zero-order chi connectivity index (χ0) is 12.0. The maximum Gasteiger partial charge on any atom is 0.142 e. The van der Waals surface area contributed by atoms with E-state index in [-0.39, 0.29) is 5.75 Å². The van der Waals surface area contributed by atoms with Crippen LogP contribution in [0.1, 0.15) is 25.3 Å². The summed E-state index contributed by atoms with van der Waals surface area (Å²) in [6.07, 6.45) is 2.04. The van der Waals surface area contributed by atoms with E-state index in [0.717, 1.165) is 12.8 Å². The molecule has 0 saturated carbocycles. The van der Waals surface area contributed by atoms with Crippen LogP contribution in [0.2, 0.25) is 0 Å². The molecule has 16 heavy (non-hydrogen) atoms. The molecule has 0 saturated heterocycles. The van der Waals surface area contributed by atoms with Gasteiger partial charge in [0.1, 0.15) is 5.75 Å². The quantitative estimate of drug-likeness (QED) is 0.469. The van der Waals surface area contributed by atoms with Crippen LogP contribution in [-0.2, 0) is 16.8 Å². The lowest BCUT2D eigenvalue weighted by Crippen LogP contribution is -2.01. The van der Waals surface area contributed by atoms with Crippen LogP contribution < -0.4 is 10.5 Å². The van der Waals surface area contributed by atoms with Crippen LogP contribution in [0.25, 0.3) is 0 Å². The number of nitrogen functional groups attached to an aromatic ring is 1. The Hall–Kier alpha value is -1.07. The van der Waals surface area contributed by atoms with Crippen molar-refractivity contribution in [1.29, 1.82) is 0 Å². The second-order valence-corrected chi connectivity index (χ2v) is 4.42. The van der Waals surface area contributed by atoms with Crippen molar-refractivity contribution in [1.82, 2.24) is 0 Å². The van der Waals surface area contributed by atoms with Crippen molar-refractivity contribution in [3.8, 4) is 5.75 Å². The molecule has 0 aliphatic carbocycles. The van der Waals surface area contributed by atoms with Crippen LogP contribution in [0, 0.1) is 0 Å². The second-order valence-electron chi connectivity index (χ2n) is 3.52. The van der Waals surface area contributed by atoms with E-state index in [9.17, 15) is 8.76 Å². The number of unbranched alkanes of at least 4 members (excludes halogenated alkanes) is 1. The Morgan fingerprint density at radius 3 is 2.81 bits per heavy atom. The van der Waals surface area contributed by atoms with Gasteiger partial charge in [0, 0.05) is 5.75 Å². The van der Waals surface area contributed by atoms with Gasteiger partial charge >= 0.3 is 0 Å².